The molecule has 1 atom stereocenters. The van der Waals surface area contributed by atoms with Crippen LogP contribution >= 0.6 is 0 Å². The molecular formula is C13H21NO2. The zero-order valence-corrected chi connectivity index (χ0v) is 10.4. The van der Waals surface area contributed by atoms with Crippen LogP contribution in [0.5, 0.6) is 5.75 Å². The van der Waals surface area contributed by atoms with Gasteiger partial charge in [-0.3, -0.25) is 0 Å². The molecule has 16 heavy (non-hydrogen) atoms. The smallest absolute Gasteiger partial charge is 0.122 e. The van der Waals surface area contributed by atoms with Crippen LogP contribution < -0.4 is 10.1 Å². The van der Waals surface area contributed by atoms with E-state index in [0.717, 1.165) is 11.3 Å². The predicted octanol–water partition coefficient (Wildman–Crippen LogP) is 2.07. The third kappa shape index (κ3) is 2.97. The van der Waals surface area contributed by atoms with Gasteiger partial charge in [0, 0.05) is 6.54 Å². The minimum absolute atomic E-state index is 0.422. The van der Waals surface area contributed by atoms with E-state index in [1.54, 1.807) is 7.11 Å². The van der Waals surface area contributed by atoms with Gasteiger partial charge >= 0.3 is 0 Å². The summed E-state index contributed by atoms with van der Waals surface area (Å²) in [5, 5.41) is 12.8. The van der Waals surface area contributed by atoms with Gasteiger partial charge in [-0.05, 0) is 30.2 Å². The number of benzene rings is 1. The van der Waals surface area contributed by atoms with E-state index in [0.29, 0.717) is 12.5 Å². The molecule has 0 aliphatic heterocycles. The minimum Gasteiger partial charge on any atom is -0.496 e. The molecule has 0 bridgehead atoms. The van der Waals surface area contributed by atoms with Gasteiger partial charge in [0.1, 0.15) is 5.75 Å². The normalized spacial score (nSPS) is 12.9. The number of hydrogen-bond donors (Lipinski definition) is 2. The number of nitrogens with one attached hydrogen (secondary N) is 1. The van der Waals surface area contributed by atoms with Crippen molar-refractivity contribution in [3.05, 3.63) is 29.3 Å². The first kappa shape index (κ1) is 13.0. The molecule has 0 radical (unpaired) electrons. The van der Waals surface area contributed by atoms with Crippen molar-refractivity contribution in [2.24, 2.45) is 0 Å². The average Bonchev–Trinajstić information content (AvgIpc) is 2.28. The van der Waals surface area contributed by atoms with Crippen LogP contribution in [0.25, 0.3) is 0 Å². The van der Waals surface area contributed by atoms with Crippen molar-refractivity contribution in [1.29, 1.82) is 0 Å². The number of likely N-dealkylation sites (N-methyl/N-ethyl adjacent to an activating group) is 1. The summed E-state index contributed by atoms with van der Waals surface area (Å²) in [6.45, 7) is 4.80. The van der Waals surface area contributed by atoms with E-state index in [1.165, 1.54) is 5.56 Å². The van der Waals surface area contributed by atoms with Crippen LogP contribution in [0.15, 0.2) is 18.2 Å². The standard InChI is InChI=1S/C13H21NO2/c1-9(2)11-6-5-10(7-13(11)16-4)12(15)8-14-3/h5-7,9,12,14-15H,8H2,1-4H3. The molecule has 1 aromatic carbocycles. The highest BCUT2D eigenvalue weighted by atomic mass is 16.5. The lowest BCUT2D eigenvalue weighted by molar-refractivity contribution is 0.177. The fourth-order valence-electron chi connectivity index (χ4n) is 1.72. The van der Waals surface area contributed by atoms with Crippen LogP contribution in [0.1, 0.15) is 37.0 Å². The summed E-state index contributed by atoms with van der Waals surface area (Å²) in [5.41, 5.74) is 2.05. The van der Waals surface area contributed by atoms with E-state index in [9.17, 15) is 5.11 Å². The molecule has 0 spiro atoms. The van der Waals surface area contributed by atoms with Crippen LogP contribution in [0, 0.1) is 0 Å². The average molecular weight is 223 g/mol. The van der Waals surface area contributed by atoms with Crippen LogP contribution in [-0.4, -0.2) is 25.8 Å². The van der Waals surface area contributed by atoms with Crippen molar-refractivity contribution >= 4 is 0 Å². The first-order valence-corrected chi connectivity index (χ1v) is 5.60. The van der Waals surface area contributed by atoms with E-state index >= 15 is 0 Å². The summed E-state index contributed by atoms with van der Waals surface area (Å²) in [5.74, 6) is 1.27. The molecule has 1 unspecified atom stereocenters. The zero-order valence-electron chi connectivity index (χ0n) is 10.4. The van der Waals surface area contributed by atoms with E-state index in [2.05, 4.69) is 19.2 Å². The van der Waals surface area contributed by atoms with Crippen molar-refractivity contribution in [2.75, 3.05) is 20.7 Å². The van der Waals surface area contributed by atoms with Crippen molar-refractivity contribution in [1.82, 2.24) is 5.32 Å². The van der Waals surface area contributed by atoms with Gasteiger partial charge in [-0.25, -0.2) is 0 Å². The molecule has 0 aromatic heterocycles. The summed E-state index contributed by atoms with van der Waals surface area (Å²) < 4.78 is 5.34. The van der Waals surface area contributed by atoms with E-state index in [-0.39, 0.29) is 0 Å². The van der Waals surface area contributed by atoms with E-state index in [1.807, 2.05) is 25.2 Å². The molecule has 2 N–H and O–H groups in total. The van der Waals surface area contributed by atoms with Crippen molar-refractivity contribution in [3.63, 3.8) is 0 Å². The van der Waals surface area contributed by atoms with Gasteiger partial charge in [-0.15, -0.1) is 0 Å². The lowest BCUT2D eigenvalue weighted by atomic mass is 9.98. The zero-order chi connectivity index (χ0) is 12.1. The maximum atomic E-state index is 9.85. The summed E-state index contributed by atoms with van der Waals surface area (Å²) in [6.07, 6.45) is -0.486. The molecule has 0 saturated carbocycles. The Bertz CT molecular complexity index is 337. The summed E-state index contributed by atoms with van der Waals surface area (Å²) in [4.78, 5) is 0. The van der Waals surface area contributed by atoms with Gasteiger partial charge in [0.2, 0.25) is 0 Å². The Hall–Kier alpha value is -1.06. The number of methoxy groups -OCH3 is 1. The summed E-state index contributed by atoms with van der Waals surface area (Å²) in [7, 11) is 3.48. The Morgan fingerprint density at radius 1 is 1.38 bits per heavy atom. The highest BCUT2D eigenvalue weighted by molar-refractivity contribution is 5.40. The predicted molar refractivity (Wildman–Crippen MR) is 66.0 cm³/mol. The van der Waals surface area contributed by atoms with E-state index < -0.39 is 6.10 Å². The van der Waals surface area contributed by atoms with Gasteiger partial charge in [0.05, 0.1) is 13.2 Å². The molecule has 0 saturated heterocycles. The molecule has 90 valence electrons. The van der Waals surface area contributed by atoms with Crippen LogP contribution in [0.2, 0.25) is 0 Å². The third-order valence-corrected chi connectivity index (χ3v) is 2.66. The molecule has 0 amide bonds. The van der Waals surface area contributed by atoms with Crippen LogP contribution in [-0.2, 0) is 0 Å². The molecule has 0 aliphatic carbocycles. The Kier molecular flexibility index (Phi) is 4.77. The highest BCUT2D eigenvalue weighted by Crippen LogP contribution is 2.29. The molecule has 3 nitrogen and oxygen atoms in total. The van der Waals surface area contributed by atoms with Crippen LogP contribution in [0.3, 0.4) is 0 Å². The highest BCUT2D eigenvalue weighted by Gasteiger charge is 2.12. The molecule has 1 rings (SSSR count). The molecule has 0 aliphatic rings. The van der Waals surface area contributed by atoms with Gasteiger partial charge < -0.3 is 15.2 Å². The molecule has 1 aromatic rings. The second kappa shape index (κ2) is 5.87. The Morgan fingerprint density at radius 3 is 2.56 bits per heavy atom. The minimum atomic E-state index is -0.486. The van der Waals surface area contributed by atoms with Gasteiger partial charge in [-0.2, -0.15) is 0 Å². The number of aliphatic hydroxyl groups excluding tert-OH is 1. The monoisotopic (exact) mass is 223 g/mol. The van der Waals surface area contributed by atoms with Gasteiger partial charge in [0.25, 0.3) is 0 Å². The van der Waals surface area contributed by atoms with Crippen molar-refractivity contribution < 1.29 is 9.84 Å². The quantitative estimate of drug-likeness (QED) is 0.803. The van der Waals surface area contributed by atoms with Gasteiger partial charge in [-0.1, -0.05) is 26.0 Å². The first-order valence-electron chi connectivity index (χ1n) is 5.60. The molecular weight excluding hydrogens is 202 g/mol. The second-order valence-electron chi connectivity index (χ2n) is 4.23. The number of hydrogen-bond acceptors (Lipinski definition) is 3. The molecule has 0 fully saturated rings. The number of ether oxygens (including phenoxy) is 1. The lowest BCUT2D eigenvalue weighted by Crippen LogP contribution is -2.16. The topological polar surface area (TPSA) is 41.5 Å². The number of aliphatic hydroxyl groups is 1. The summed E-state index contributed by atoms with van der Waals surface area (Å²) >= 11 is 0. The summed E-state index contributed by atoms with van der Waals surface area (Å²) in [6, 6.07) is 5.90. The molecule has 3 heteroatoms. The van der Waals surface area contributed by atoms with Crippen molar-refractivity contribution in [3.8, 4) is 5.75 Å². The largest absolute Gasteiger partial charge is 0.496 e. The number of rotatable bonds is 5. The van der Waals surface area contributed by atoms with Crippen LogP contribution in [0.4, 0.5) is 0 Å². The Labute approximate surface area is 97.4 Å². The fraction of sp³-hybridized carbons (Fsp3) is 0.538. The first-order chi connectivity index (χ1) is 7.60. The molecule has 0 heterocycles. The van der Waals surface area contributed by atoms with E-state index in [4.69, 9.17) is 4.74 Å². The third-order valence-electron chi connectivity index (χ3n) is 2.66. The maximum Gasteiger partial charge on any atom is 0.122 e. The second-order valence-corrected chi connectivity index (χ2v) is 4.23. The SMILES string of the molecule is CNCC(O)c1ccc(C(C)C)c(OC)c1. The Morgan fingerprint density at radius 2 is 2.06 bits per heavy atom. The lowest BCUT2D eigenvalue weighted by Gasteiger charge is -2.16. The van der Waals surface area contributed by atoms with Gasteiger partial charge in [0.15, 0.2) is 0 Å². The maximum absolute atomic E-state index is 9.85. The fourth-order valence-corrected chi connectivity index (χ4v) is 1.72. The van der Waals surface area contributed by atoms with Crippen molar-refractivity contribution in [2.45, 2.75) is 25.9 Å². The Balaban J connectivity index is 2.99.